The average molecular weight is 299 g/mol. The Bertz CT molecular complexity index is 510. The standard InChI is InChI=1S/C19H29N3/c1-19(2,15-20)13-8-14-21-17-11-6-7-12-18(17)22(3)16-9-4-5-10-16/h6-7,11-12,16,21H,4-5,8-10,13-14H2,1-3H3. The molecule has 22 heavy (non-hydrogen) atoms. The second kappa shape index (κ2) is 7.54. The van der Waals surface area contributed by atoms with Crippen molar-refractivity contribution in [3.63, 3.8) is 0 Å². The summed E-state index contributed by atoms with van der Waals surface area (Å²) in [6.45, 7) is 4.93. The average Bonchev–Trinajstić information content (AvgIpc) is 3.06. The van der Waals surface area contributed by atoms with Crippen LogP contribution in [-0.2, 0) is 0 Å². The summed E-state index contributed by atoms with van der Waals surface area (Å²) >= 11 is 0. The van der Waals surface area contributed by atoms with Crippen LogP contribution in [0.15, 0.2) is 24.3 Å². The van der Waals surface area contributed by atoms with Crippen molar-refractivity contribution in [2.45, 2.75) is 58.4 Å². The van der Waals surface area contributed by atoms with Crippen molar-refractivity contribution in [1.82, 2.24) is 0 Å². The second-order valence-electron chi connectivity index (χ2n) is 7.09. The van der Waals surface area contributed by atoms with Gasteiger partial charge >= 0.3 is 0 Å². The van der Waals surface area contributed by atoms with E-state index in [2.05, 4.69) is 47.6 Å². The van der Waals surface area contributed by atoms with E-state index in [-0.39, 0.29) is 5.41 Å². The van der Waals surface area contributed by atoms with E-state index < -0.39 is 0 Å². The topological polar surface area (TPSA) is 39.1 Å². The Balaban J connectivity index is 1.92. The molecule has 0 aromatic heterocycles. The fourth-order valence-corrected chi connectivity index (χ4v) is 3.23. The first kappa shape index (κ1) is 16.7. The van der Waals surface area contributed by atoms with Crippen LogP contribution < -0.4 is 10.2 Å². The minimum atomic E-state index is -0.220. The third-order valence-corrected chi connectivity index (χ3v) is 4.75. The third-order valence-electron chi connectivity index (χ3n) is 4.75. The maximum absolute atomic E-state index is 9.07. The van der Waals surface area contributed by atoms with Gasteiger partial charge in [-0.2, -0.15) is 5.26 Å². The smallest absolute Gasteiger partial charge is 0.0683 e. The van der Waals surface area contributed by atoms with E-state index in [0.717, 1.165) is 19.4 Å². The molecular formula is C19H29N3. The van der Waals surface area contributed by atoms with Gasteiger partial charge in [-0.15, -0.1) is 0 Å². The normalized spacial score (nSPS) is 15.5. The summed E-state index contributed by atoms with van der Waals surface area (Å²) in [7, 11) is 2.22. The second-order valence-corrected chi connectivity index (χ2v) is 7.09. The van der Waals surface area contributed by atoms with Gasteiger partial charge in [-0.05, 0) is 51.7 Å². The van der Waals surface area contributed by atoms with Crippen LogP contribution in [0.2, 0.25) is 0 Å². The van der Waals surface area contributed by atoms with E-state index in [0.29, 0.717) is 6.04 Å². The van der Waals surface area contributed by atoms with Crippen LogP contribution in [0, 0.1) is 16.7 Å². The molecule has 3 nitrogen and oxygen atoms in total. The van der Waals surface area contributed by atoms with Crippen LogP contribution in [0.4, 0.5) is 11.4 Å². The zero-order valence-electron chi connectivity index (χ0n) is 14.2. The van der Waals surface area contributed by atoms with E-state index in [1.54, 1.807) is 0 Å². The van der Waals surface area contributed by atoms with Crippen LogP contribution in [0.5, 0.6) is 0 Å². The van der Waals surface area contributed by atoms with Gasteiger partial charge < -0.3 is 10.2 Å². The van der Waals surface area contributed by atoms with Crippen LogP contribution in [0.25, 0.3) is 0 Å². The monoisotopic (exact) mass is 299 g/mol. The zero-order chi connectivity index (χ0) is 16.0. The van der Waals surface area contributed by atoms with E-state index in [4.69, 9.17) is 5.26 Å². The molecule has 2 rings (SSSR count). The molecule has 0 heterocycles. The lowest BCUT2D eigenvalue weighted by molar-refractivity contribution is 0.441. The molecule has 0 spiro atoms. The van der Waals surface area contributed by atoms with E-state index in [9.17, 15) is 0 Å². The fourth-order valence-electron chi connectivity index (χ4n) is 3.23. The molecule has 3 heteroatoms. The first-order chi connectivity index (χ1) is 10.5. The van der Waals surface area contributed by atoms with E-state index in [1.165, 1.54) is 37.1 Å². The number of nitrogens with zero attached hydrogens (tertiary/aromatic N) is 2. The van der Waals surface area contributed by atoms with Crippen molar-refractivity contribution >= 4 is 11.4 Å². The highest BCUT2D eigenvalue weighted by Gasteiger charge is 2.21. The van der Waals surface area contributed by atoms with Gasteiger partial charge in [0, 0.05) is 19.6 Å². The molecule has 0 amide bonds. The van der Waals surface area contributed by atoms with Gasteiger partial charge in [0.2, 0.25) is 0 Å². The van der Waals surface area contributed by atoms with Crippen molar-refractivity contribution in [3.8, 4) is 6.07 Å². The Labute approximate surface area is 135 Å². The molecule has 1 saturated carbocycles. The summed E-state index contributed by atoms with van der Waals surface area (Å²) in [6.07, 6.45) is 7.27. The highest BCUT2D eigenvalue weighted by atomic mass is 15.2. The molecule has 0 saturated heterocycles. The summed E-state index contributed by atoms with van der Waals surface area (Å²) in [5, 5.41) is 12.6. The maximum atomic E-state index is 9.07. The number of nitrogens with one attached hydrogen (secondary N) is 1. The van der Waals surface area contributed by atoms with Crippen molar-refractivity contribution in [2.24, 2.45) is 5.41 Å². The van der Waals surface area contributed by atoms with Crippen molar-refractivity contribution in [3.05, 3.63) is 24.3 Å². The largest absolute Gasteiger partial charge is 0.383 e. The molecule has 0 radical (unpaired) electrons. The van der Waals surface area contributed by atoms with Crippen LogP contribution in [0.3, 0.4) is 0 Å². The molecule has 0 atom stereocenters. The molecule has 1 aliphatic rings. The van der Waals surface area contributed by atoms with Gasteiger partial charge in [0.15, 0.2) is 0 Å². The number of para-hydroxylation sites is 2. The number of hydrogen-bond donors (Lipinski definition) is 1. The first-order valence-corrected chi connectivity index (χ1v) is 8.50. The van der Waals surface area contributed by atoms with Gasteiger partial charge in [-0.1, -0.05) is 25.0 Å². The van der Waals surface area contributed by atoms with Gasteiger partial charge in [0.05, 0.1) is 22.9 Å². The predicted molar refractivity (Wildman–Crippen MR) is 94.2 cm³/mol. The highest BCUT2D eigenvalue weighted by molar-refractivity contribution is 5.70. The zero-order valence-corrected chi connectivity index (χ0v) is 14.2. The SMILES string of the molecule is CN(c1ccccc1NCCCC(C)(C)C#N)C1CCCC1. The molecule has 120 valence electrons. The Morgan fingerprint density at radius 1 is 1.27 bits per heavy atom. The minimum absolute atomic E-state index is 0.220. The van der Waals surface area contributed by atoms with Crippen LogP contribution in [0.1, 0.15) is 52.4 Å². The van der Waals surface area contributed by atoms with Crippen molar-refractivity contribution in [2.75, 3.05) is 23.8 Å². The third kappa shape index (κ3) is 4.40. The summed E-state index contributed by atoms with van der Waals surface area (Å²) in [4.78, 5) is 2.44. The molecule has 0 aliphatic heterocycles. The number of nitriles is 1. The van der Waals surface area contributed by atoms with Gasteiger partial charge in [0.25, 0.3) is 0 Å². The molecular weight excluding hydrogens is 270 g/mol. The maximum Gasteiger partial charge on any atom is 0.0683 e. The first-order valence-electron chi connectivity index (χ1n) is 8.50. The number of hydrogen-bond acceptors (Lipinski definition) is 3. The Hall–Kier alpha value is -1.69. The molecule has 1 aliphatic carbocycles. The predicted octanol–water partition coefficient (Wildman–Crippen LogP) is 4.81. The van der Waals surface area contributed by atoms with Gasteiger partial charge in [-0.3, -0.25) is 0 Å². The number of anilines is 2. The molecule has 1 fully saturated rings. The molecule has 1 aromatic carbocycles. The Morgan fingerprint density at radius 3 is 2.64 bits per heavy atom. The summed E-state index contributed by atoms with van der Waals surface area (Å²) in [6, 6.07) is 11.6. The molecule has 1 aromatic rings. The van der Waals surface area contributed by atoms with Crippen molar-refractivity contribution < 1.29 is 0 Å². The number of benzene rings is 1. The molecule has 1 N–H and O–H groups in total. The quantitative estimate of drug-likeness (QED) is 0.734. The van der Waals surface area contributed by atoms with Gasteiger partial charge in [-0.25, -0.2) is 0 Å². The highest BCUT2D eigenvalue weighted by Crippen LogP contribution is 2.32. The molecule has 0 unspecified atom stereocenters. The lowest BCUT2D eigenvalue weighted by Gasteiger charge is -2.29. The van der Waals surface area contributed by atoms with E-state index >= 15 is 0 Å². The molecule has 0 bridgehead atoms. The Kier molecular flexibility index (Phi) is 5.71. The number of rotatable bonds is 7. The minimum Gasteiger partial charge on any atom is -0.383 e. The summed E-state index contributed by atoms with van der Waals surface area (Å²) < 4.78 is 0. The van der Waals surface area contributed by atoms with E-state index in [1.807, 2.05) is 13.8 Å². The summed E-state index contributed by atoms with van der Waals surface area (Å²) in [5.74, 6) is 0. The van der Waals surface area contributed by atoms with Crippen LogP contribution >= 0.6 is 0 Å². The van der Waals surface area contributed by atoms with Crippen LogP contribution in [-0.4, -0.2) is 19.6 Å². The lowest BCUT2D eigenvalue weighted by atomic mass is 9.90. The fraction of sp³-hybridized carbons (Fsp3) is 0.632. The lowest BCUT2D eigenvalue weighted by Crippen LogP contribution is -2.29. The van der Waals surface area contributed by atoms with Gasteiger partial charge in [0.1, 0.15) is 0 Å². The Morgan fingerprint density at radius 2 is 1.95 bits per heavy atom. The van der Waals surface area contributed by atoms with Crippen molar-refractivity contribution in [1.29, 1.82) is 5.26 Å². The summed E-state index contributed by atoms with van der Waals surface area (Å²) in [5.41, 5.74) is 2.29.